The van der Waals surface area contributed by atoms with Gasteiger partial charge in [-0.1, -0.05) is 6.42 Å². The number of likely N-dealkylation sites (N-methyl/N-ethyl adjacent to an activating group) is 1. The Kier molecular flexibility index (Phi) is 4.22. The zero-order valence-corrected chi connectivity index (χ0v) is 10.8. The topological polar surface area (TPSA) is 66.8 Å². The van der Waals surface area contributed by atoms with Gasteiger partial charge in [-0.2, -0.15) is 0 Å². The van der Waals surface area contributed by atoms with Crippen LogP contribution in [0.2, 0.25) is 0 Å². The number of carbonyl (C=O) groups is 2. The summed E-state index contributed by atoms with van der Waals surface area (Å²) in [4.78, 5) is 25.1. The Morgan fingerprint density at radius 1 is 1.22 bits per heavy atom. The molecule has 0 bridgehead atoms. The molecule has 2 fully saturated rings. The van der Waals surface area contributed by atoms with E-state index < -0.39 is 5.97 Å². The molecule has 1 aliphatic heterocycles. The predicted molar refractivity (Wildman–Crippen MR) is 65.1 cm³/mol. The molecule has 0 aromatic heterocycles. The summed E-state index contributed by atoms with van der Waals surface area (Å²) in [5, 5.41) is 9.04. The van der Waals surface area contributed by atoms with E-state index in [0.717, 1.165) is 19.3 Å². The van der Waals surface area contributed by atoms with Crippen molar-refractivity contribution in [3.63, 3.8) is 0 Å². The second-order valence-electron chi connectivity index (χ2n) is 5.37. The molecule has 3 unspecified atom stereocenters. The first-order valence-corrected chi connectivity index (χ1v) is 6.67. The fourth-order valence-electron chi connectivity index (χ4n) is 2.93. The van der Waals surface area contributed by atoms with Crippen LogP contribution in [0.3, 0.4) is 0 Å². The minimum absolute atomic E-state index is 0.0939. The molecule has 18 heavy (non-hydrogen) atoms. The summed E-state index contributed by atoms with van der Waals surface area (Å²) in [5.74, 6) is -1.14. The molecule has 1 heterocycles. The summed E-state index contributed by atoms with van der Waals surface area (Å²) in [6.07, 6.45) is 3.74. The highest BCUT2D eigenvalue weighted by Crippen LogP contribution is 2.31. The molecule has 1 saturated carbocycles. The van der Waals surface area contributed by atoms with E-state index in [1.54, 1.807) is 4.90 Å². The molecule has 5 nitrogen and oxygen atoms in total. The van der Waals surface area contributed by atoms with Crippen molar-refractivity contribution in [2.24, 2.45) is 11.8 Å². The second-order valence-corrected chi connectivity index (χ2v) is 5.37. The summed E-state index contributed by atoms with van der Waals surface area (Å²) in [7, 11) is 1.81. The largest absolute Gasteiger partial charge is 0.481 e. The van der Waals surface area contributed by atoms with E-state index in [-0.39, 0.29) is 23.8 Å². The minimum atomic E-state index is -0.764. The van der Waals surface area contributed by atoms with Crippen LogP contribution in [-0.4, -0.2) is 48.2 Å². The molecule has 1 amide bonds. The molecule has 1 N–H and O–H groups in total. The highest BCUT2D eigenvalue weighted by molar-refractivity contribution is 5.80. The number of ether oxygens (including phenoxy) is 1. The first-order chi connectivity index (χ1) is 8.59. The summed E-state index contributed by atoms with van der Waals surface area (Å²) in [6.45, 7) is 1.32. The van der Waals surface area contributed by atoms with Gasteiger partial charge in [0.05, 0.1) is 18.6 Å². The molecule has 0 spiro atoms. The van der Waals surface area contributed by atoms with E-state index in [1.807, 2.05) is 7.05 Å². The van der Waals surface area contributed by atoms with E-state index in [2.05, 4.69) is 0 Å². The van der Waals surface area contributed by atoms with Gasteiger partial charge in [0.15, 0.2) is 0 Å². The van der Waals surface area contributed by atoms with Crippen LogP contribution in [0.5, 0.6) is 0 Å². The van der Waals surface area contributed by atoms with Gasteiger partial charge >= 0.3 is 5.97 Å². The van der Waals surface area contributed by atoms with Crippen LogP contribution in [-0.2, 0) is 14.3 Å². The summed E-state index contributed by atoms with van der Waals surface area (Å²) in [6, 6.07) is 0.169. The summed E-state index contributed by atoms with van der Waals surface area (Å²) in [5.41, 5.74) is 0. The number of amides is 1. The van der Waals surface area contributed by atoms with Gasteiger partial charge in [0.1, 0.15) is 0 Å². The Labute approximate surface area is 107 Å². The van der Waals surface area contributed by atoms with E-state index in [0.29, 0.717) is 26.1 Å². The van der Waals surface area contributed by atoms with Gasteiger partial charge < -0.3 is 14.7 Å². The first-order valence-electron chi connectivity index (χ1n) is 6.67. The highest BCUT2D eigenvalue weighted by Gasteiger charge is 2.34. The molecule has 0 aromatic carbocycles. The lowest BCUT2D eigenvalue weighted by Gasteiger charge is -2.31. The molecule has 1 saturated heterocycles. The zero-order valence-electron chi connectivity index (χ0n) is 10.8. The molecule has 2 aliphatic rings. The van der Waals surface area contributed by atoms with E-state index in [1.165, 1.54) is 0 Å². The number of carbonyl (C=O) groups excluding carboxylic acids is 1. The SMILES string of the molecule is CN(C(=O)C1CCCC(C(=O)O)C1)C1CCOC1. The Bertz CT molecular complexity index is 325. The van der Waals surface area contributed by atoms with E-state index in [4.69, 9.17) is 9.84 Å². The second kappa shape index (κ2) is 5.69. The molecule has 2 rings (SSSR count). The number of rotatable bonds is 3. The van der Waals surface area contributed by atoms with Crippen LogP contribution in [0.15, 0.2) is 0 Å². The molecule has 102 valence electrons. The third kappa shape index (κ3) is 2.83. The van der Waals surface area contributed by atoms with Gasteiger partial charge in [0, 0.05) is 19.6 Å². The lowest BCUT2D eigenvalue weighted by molar-refractivity contribution is -0.145. The fourth-order valence-corrected chi connectivity index (χ4v) is 2.93. The molecule has 5 heteroatoms. The maximum Gasteiger partial charge on any atom is 0.306 e. The Balaban J connectivity index is 1.93. The number of carboxylic acids is 1. The minimum Gasteiger partial charge on any atom is -0.481 e. The van der Waals surface area contributed by atoms with E-state index in [9.17, 15) is 9.59 Å². The molecular formula is C13H21NO4. The fraction of sp³-hybridized carbons (Fsp3) is 0.846. The zero-order chi connectivity index (χ0) is 13.1. The van der Waals surface area contributed by atoms with Crippen LogP contribution < -0.4 is 0 Å². The Morgan fingerprint density at radius 3 is 2.56 bits per heavy atom. The van der Waals surface area contributed by atoms with Crippen molar-refractivity contribution in [1.82, 2.24) is 4.90 Å². The van der Waals surface area contributed by atoms with Crippen molar-refractivity contribution < 1.29 is 19.4 Å². The van der Waals surface area contributed by atoms with Gasteiger partial charge in [-0.25, -0.2) is 0 Å². The van der Waals surface area contributed by atoms with Gasteiger partial charge in [-0.15, -0.1) is 0 Å². The Hall–Kier alpha value is -1.10. The van der Waals surface area contributed by atoms with Crippen molar-refractivity contribution in [2.75, 3.05) is 20.3 Å². The van der Waals surface area contributed by atoms with Crippen molar-refractivity contribution in [2.45, 2.75) is 38.1 Å². The third-order valence-corrected chi connectivity index (χ3v) is 4.17. The molecule has 1 aliphatic carbocycles. The van der Waals surface area contributed by atoms with Crippen molar-refractivity contribution in [3.05, 3.63) is 0 Å². The third-order valence-electron chi connectivity index (χ3n) is 4.17. The number of aliphatic carboxylic acids is 1. The van der Waals surface area contributed by atoms with Crippen LogP contribution >= 0.6 is 0 Å². The molecule has 0 radical (unpaired) electrons. The predicted octanol–water partition coefficient (Wildman–Crippen LogP) is 1.12. The van der Waals surface area contributed by atoms with Crippen molar-refractivity contribution in [3.8, 4) is 0 Å². The first kappa shape index (κ1) is 13.3. The van der Waals surface area contributed by atoms with Crippen LogP contribution in [0.1, 0.15) is 32.1 Å². The van der Waals surface area contributed by atoms with E-state index >= 15 is 0 Å². The van der Waals surface area contributed by atoms with Crippen molar-refractivity contribution >= 4 is 11.9 Å². The lowest BCUT2D eigenvalue weighted by atomic mass is 9.80. The normalized spacial score (nSPS) is 32.2. The molecule has 0 aromatic rings. The highest BCUT2D eigenvalue weighted by atomic mass is 16.5. The summed E-state index contributed by atoms with van der Waals surface area (Å²) >= 11 is 0. The number of hydrogen-bond donors (Lipinski definition) is 1. The Morgan fingerprint density at radius 2 is 1.94 bits per heavy atom. The smallest absolute Gasteiger partial charge is 0.306 e. The number of carboxylic acid groups (broad SMARTS) is 1. The maximum absolute atomic E-state index is 12.3. The monoisotopic (exact) mass is 255 g/mol. The van der Waals surface area contributed by atoms with Crippen molar-refractivity contribution in [1.29, 1.82) is 0 Å². The van der Waals surface area contributed by atoms with Crippen LogP contribution in [0.4, 0.5) is 0 Å². The van der Waals surface area contributed by atoms with Crippen LogP contribution in [0, 0.1) is 11.8 Å². The average Bonchev–Trinajstić information content (AvgIpc) is 2.91. The lowest BCUT2D eigenvalue weighted by Crippen LogP contribution is -2.42. The van der Waals surface area contributed by atoms with Gasteiger partial charge in [-0.3, -0.25) is 9.59 Å². The van der Waals surface area contributed by atoms with Gasteiger partial charge in [0.2, 0.25) is 5.91 Å². The van der Waals surface area contributed by atoms with Gasteiger partial charge in [0.25, 0.3) is 0 Å². The molecular weight excluding hydrogens is 234 g/mol. The summed E-state index contributed by atoms with van der Waals surface area (Å²) < 4.78 is 5.29. The quantitative estimate of drug-likeness (QED) is 0.820. The average molecular weight is 255 g/mol. The molecule has 3 atom stereocenters. The number of hydrogen-bond acceptors (Lipinski definition) is 3. The van der Waals surface area contributed by atoms with Gasteiger partial charge in [-0.05, 0) is 25.7 Å². The number of nitrogens with zero attached hydrogens (tertiary/aromatic N) is 1. The maximum atomic E-state index is 12.3. The standard InChI is InChI=1S/C13H21NO4/c1-14(11-5-6-18-8-11)12(15)9-3-2-4-10(7-9)13(16)17/h9-11H,2-8H2,1H3,(H,16,17). The van der Waals surface area contributed by atoms with Crippen LogP contribution in [0.25, 0.3) is 0 Å².